The van der Waals surface area contributed by atoms with Gasteiger partial charge in [-0.1, -0.05) is 115 Å². The molecule has 310 valence electrons. The number of benzene rings is 7. The first-order valence-electron chi connectivity index (χ1n) is 22.1. The van der Waals surface area contributed by atoms with Crippen molar-refractivity contribution in [2.24, 2.45) is 9.98 Å². The topological polar surface area (TPSA) is 49.7 Å². The Kier molecular flexibility index (Phi) is 8.56. The van der Waals surface area contributed by atoms with Gasteiger partial charge >= 0.3 is 0 Å². The summed E-state index contributed by atoms with van der Waals surface area (Å²) in [7, 11) is 0. The van der Waals surface area contributed by atoms with E-state index in [2.05, 4.69) is 223 Å². The number of ether oxygens (including phenoxy) is 2. The number of hydrogen-bond donors (Lipinski definition) is 0. The van der Waals surface area contributed by atoms with Crippen LogP contribution in [-0.2, 0) is 0 Å². The monoisotopic (exact) mass is 822 g/mol. The molecule has 63 heavy (non-hydrogen) atoms. The highest BCUT2D eigenvalue weighted by atomic mass is 16.5. The molecule has 0 atom stereocenters. The molecule has 0 bridgehead atoms. The molecule has 0 spiro atoms. The molecule has 0 unspecified atom stereocenters. The second kappa shape index (κ2) is 13.8. The molecule has 7 heteroatoms. The lowest BCUT2D eigenvalue weighted by atomic mass is 9.35. The van der Waals surface area contributed by atoms with Crippen LogP contribution in [0.25, 0.3) is 22.3 Å². The van der Waals surface area contributed by atoms with Gasteiger partial charge in [0, 0.05) is 28.0 Å². The molecular weight excluding hydrogens is 771 g/mol. The molecule has 0 radical (unpaired) electrons. The standard InChI is InChI=1S/C56H51BN4O2/c1-53(2)55(5,6)60(51(58-53)38-16-11-9-12-17-38)42-28-22-36(23-29-42)40-26-32-44-48(34-40)62-46-20-15-21-47-50(46)57(44)45-33-27-41(35-49(45)63-47)37-24-30-43(31-25-37)61-52(39-18-13-10-14-19-39)59-54(3,4)56(61,7)8/h9-35H,1-8H3. The van der Waals surface area contributed by atoms with Crippen LogP contribution in [0.4, 0.5) is 11.4 Å². The van der Waals surface area contributed by atoms with Crippen molar-refractivity contribution in [1.29, 1.82) is 0 Å². The maximum absolute atomic E-state index is 6.71. The molecule has 7 aromatic rings. The molecule has 7 aromatic carbocycles. The summed E-state index contributed by atoms with van der Waals surface area (Å²) in [5, 5.41) is 0. The van der Waals surface area contributed by atoms with Crippen LogP contribution in [0.1, 0.15) is 66.5 Å². The zero-order chi connectivity index (χ0) is 43.5. The van der Waals surface area contributed by atoms with Crippen LogP contribution in [0.15, 0.2) is 174 Å². The molecule has 0 aliphatic carbocycles. The fourth-order valence-electron chi connectivity index (χ4n) is 9.82. The molecule has 0 saturated heterocycles. The first kappa shape index (κ1) is 39.0. The number of anilines is 2. The van der Waals surface area contributed by atoms with Crippen molar-refractivity contribution < 1.29 is 9.47 Å². The van der Waals surface area contributed by atoms with Crippen LogP contribution in [0.2, 0.25) is 0 Å². The van der Waals surface area contributed by atoms with E-state index >= 15 is 0 Å². The summed E-state index contributed by atoms with van der Waals surface area (Å²) in [5.74, 6) is 5.40. The van der Waals surface area contributed by atoms with Crippen molar-refractivity contribution in [3.63, 3.8) is 0 Å². The molecule has 11 rings (SSSR count). The first-order valence-corrected chi connectivity index (χ1v) is 22.1. The van der Waals surface area contributed by atoms with E-state index in [-0.39, 0.29) is 28.9 Å². The summed E-state index contributed by atoms with van der Waals surface area (Å²) in [6.45, 7) is 18.0. The van der Waals surface area contributed by atoms with Crippen molar-refractivity contribution in [3.8, 4) is 45.3 Å². The average Bonchev–Trinajstić information content (AvgIpc) is 3.61. The van der Waals surface area contributed by atoms with Crippen molar-refractivity contribution in [1.82, 2.24) is 0 Å². The van der Waals surface area contributed by atoms with Crippen LogP contribution < -0.4 is 35.7 Å². The van der Waals surface area contributed by atoms with E-state index in [4.69, 9.17) is 19.5 Å². The summed E-state index contributed by atoms with van der Waals surface area (Å²) >= 11 is 0. The Balaban J connectivity index is 0.898. The maximum atomic E-state index is 6.71. The van der Waals surface area contributed by atoms with Gasteiger partial charge in [-0.05, 0) is 137 Å². The number of hydrogen-bond acceptors (Lipinski definition) is 6. The molecule has 6 nitrogen and oxygen atoms in total. The quantitative estimate of drug-likeness (QED) is 0.157. The van der Waals surface area contributed by atoms with Gasteiger partial charge < -0.3 is 19.3 Å². The third-order valence-electron chi connectivity index (χ3n) is 14.7. The summed E-state index contributed by atoms with van der Waals surface area (Å²) in [6.07, 6.45) is 0. The van der Waals surface area contributed by atoms with Crippen molar-refractivity contribution in [2.45, 2.75) is 77.5 Å². The van der Waals surface area contributed by atoms with Gasteiger partial charge in [-0.15, -0.1) is 0 Å². The van der Waals surface area contributed by atoms with Crippen LogP contribution in [-0.4, -0.2) is 40.5 Å². The number of rotatable bonds is 6. The zero-order valence-electron chi connectivity index (χ0n) is 37.3. The largest absolute Gasteiger partial charge is 0.458 e. The second-order valence-corrected chi connectivity index (χ2v) is 19.4. The van der Waals surface area contributed by atoms with E-state index in [0.717, 1.165) is 95.8 Å². The van der Waals surface area contributed by atoms with Crippen molar-refractivity contribution >= 4 is 46.1 Å². The number of aliphatic imine (C=N–C) groups is 2. The van der Waals surface area contributed by atoms with Gasteiger partial charge in [-0.2, -0.15) is 0 Å². The Morgan fingerprint density at radius 2 is 0.762 bits per heavy atom. The maximum Gasteiger partial charge on any atom is 0.260 e. The summed E-state index contributed by atoms with van der Waals surface area (Å²) in [6, 6.07) is 58.3. The van der Waals surface area contributed by atoms with Gasteiger partial charge in [0.25, 0.3) is 6.71 Å². The minimum absolute atomic E-state index is 0.0237. The third-order valence-corrected chi connectivity index (χ3v) is 14.7. The van der Waals surface area contributed by atoms with Gasteiger partial charge in [-0.3, -0.25) is 9.98 Å². The van der Waals surface area contributed by atoms with Crippen LogP contribution in [0.5, 0.6) is 23.0 Å². The molecule has 4 aliphatic heterocycles. The van der Waals surface area contributed by atoms with E-state index < -0.39 is 0 Å². The van der Waals surface area contributed by atoms with Gasteiger partial charge in [0.15, 0.2) is 0 Å². The SMILES string of the molecule is CC1(C)N=C(c2ccccc2)N(c2ccc(-c3ccc4c(c3)Oc3cccc5c3B4c3ccc(-c4ccc(N6C(c7ccccc7)=NC(C)(C)C6(C)C)cc4)cc3O5)cc2)C1(C)C. The predicted octanol–water partition coefficient (Wildman–Crippen LogP) is 11.4. The number of amidine groups is 2. The lowest BCUT2D eigenvalue weighted by molar-refractivity contribution is 0.338. The van der Waals surface area contributed by atoms with E-state index in [1.54, 1.807) is 0 Å². The fourth-order valence-corrected chi connectivity index (χ4v) is 9.82. The number of nitrogens with zero attached hydrogens (tertiary/aromatic N) is 4. The van der Waals surface area contributed by atoms with Gasteiger partial charge in [0.05, 0.1) is 22.2 Å². The minimum Gasteiger partial charge on any atom is -0.458 e. The Bertz CT molecular complexity index is 2810. The van der Waals surface area contributed by atoms with Crippen LogP contribution >= 0.6 is 0 Å². The highest BCUT2D eigenvalue weighted by Gasteiger charge is 2.51. The van der Waals surface area contributed by atoms with Crippen molar-refractivity contribution in [3.05, 3.63) is 175 Å². The Morgan fingerprint density at radius 3 is 1.16 bits per heavy atom. The molecule has 4 heterocycles. The highest BCUT2D eigenvalue weighted by molar-refractivity contribution is 6.98. The van der Waals surface area contributed by atoms with E-state index in [0.29, 0.717) is 0 Å². The van der Waals surface area contributed by atoms with Crippen molar-refractivity contribution in [2.75, 3.05) is 9.80 Å². The second-order valence-electron chi connectivity index (χ2n) is 19.4. The molecule has 0 fully saturated rings. The lowest BCUT2D eigenvalue weighted by Gasteiger charge is -2.41. The third kappa shape index (κ3) is 6.00. The van der Waals surface area contributed by atoms with Gasteiger partial charge in [0.2, 0.25) is 0 Å². The zero-order valence-corrected chi connectivity index (χ0v) is 37.3. The molecule has 0 amide bonds. The first-order chi connectivity index (χ1) is 30.2. The van der Waals surface area contributed by atoms with Gasteiger partial charge in [-0.25, -0.2) is 0 Å². The summed E-state index contributed by atoms with van der Waals surface area (Å²) in [4.78, 5) is 15.3. The molecule has 0 N–H and O–H groups in total. The molecule has 4 aliphatic rings. The van der Waals surface area contributed by atoms with Gasteiger partial charge in [0.1, 0.15) is 34.7 Å². The molecule has 0 aromatic heterocycles. The summed E-state index contributed by atoms with van der Waals surface area (Å²) < 4.78 is 13.4. The molecule has 0 saturated carbocycles. The average molecular weight is 823 g/mol. The smallest absolute Gasteiger partial charge is 0.260 e. The number of fused-ring (bicyclic) bond motifs is 4. The van der Waals surface area contributed by atoms with Crippen LogP contribution in [0, 0.1) is 0 Å². The van der Waals surface area contributed by atoms with E-state index in [1.807, 2.05) is 6.07 Å². The Labute approximate surface area is 371 Å². The minimum atomic E-state index is -0.273. The summed E-state index contributed by atoms with van der Waals surface area (Å²) in [5.41, 5.74) is 11.3. The normalized spacial score (nSPS) is 18.1. The lowest BCUT2D eigenvalue weighted by Crippen LogP contribution is -2.57. The van der Waals surface area contributed by atoms with E-state index in [9.17, 15) is 0 Å². The molecular formula is C56H51BN4O2. The van der Waals surface area contributed by atoms with E-state index in [1.165, 1.54) is 0 Å². The highest BCUT2D eigenvalue weighted by Crippen LogP contribution is 2.45. The fraction of sp³-hybridized carbons (Fsp3) is 0.214. The Morgan fingerprint density at radius 1 is 0.381 bits per heavy atom. The van der Waals surface area contributed by atoms with Crippen LogP contribution in [0.3, 0.4) is 0 Å². The predicted molar refractivity (Wildman–Crippen MR) is 262 cm³/mol. The Hall–Kier alpha value is -6.86.